The van der Waals surface area contributed by atoms with Gasteiger partial charge < -0.3 is 5.73 Å². The Labute approximate surface area is 111 Å². The molecule has 17 heavy (non-hydrogen) atoms. The highest BCUT2D eigenvalue weighted by Gasteiger charge is 2.11. The molecule has 0 fully saturated rings. The Kier molecular flexibility index (Phi) is 3.51. The second kappa shape index (κ2) is 4.76. The Morgan fingerprint density at radius 2 is 2.18 bits per heavy atom. The number of hydrogen-bond donors (Lipinski definition) is 1. The second-order valence-electron chi connectivity index (χ2n) is 3.57. The van der Waals surface area contributed by atoms with Crippen molar-refractivity contribution in [2.75, 3.05) is 12.0 Å². The third-order valence-corrected chi connectivity index (χ3v) is 4.75. The lowest BCUT2D eigenvalue weighted by Crippen LogP contribution is -1.90. The molecule has 0 spiro atoms. The number of rotatable bonds is 2. The van der Waals surface area contributed by atoms with Crippen molar-refractivity contribution in [3.63, 3.8) is 0 Å². The van der Waals surface area contributed by atoms with E-state index in [-0.39, 0.29) is 0 Å². The lowest BCUT2D eigenvalue weighted by molar-refractivity contribution is 0.687. The lowest BCUT2D eigenvalue weighted by Gasteiger charge is -2.04. The number of nitrogens with two attached hydrogens (primary N) is 1. The van der Waals surface area contributed by atoms with Crippen molar-refractivity contribution in [2.24, 2.45) is 0 Å². The van der Waals surface area contributed by atoms with E-state index >= 15 is 0 Å². The highest BCUT2D eigenvalue weighted by atomic mass is 35.5. The van der Waals surface area contributed by atoms with Gasteiger partial charge in [0.2, 0.25) is 0 Å². The normalized spacial score (nSPS) is 12.6. The van der Waals surface area contributed by atoms with E-state index in [1.165, 1.54) is 11.3 Å². The van der Waals surface area contributed by atoms with Gasteiger partial charge in [0.1, 0.15) is 0 Å². The van der Waals surface area contributed by atoms with Crippen molar-refractivity contribution in [2.45, 2.75) is 11.8 Å². The Bertz CT molecular complexity index is 595. The maximum atomic E-state index is 11.5. The maximum Gasteiger partial charge on any atom is 0.180 e. The molecule has 1 aromatic heterocycles. The number of nitrogen functional groups attached to an aromatic ring is 1. The van der Waals surface area contributed by atoms with Crippen molar-refractivity contribution < 1.29 is 4.21 Å². The van der Waals surface area contributed by atoms with Crippen LogP contribution < -0.4 is 5.73 Å². The van der Waals surface area contributed by atoms with E-state index in [0.717, 1.165) is 16.1 Å². The number of aromatic nitrogens is 1. The molecule has 0 radical (unpaired) electrons. The molecule has 1 atom stereocenters. The van der Waals surface area contributed by atoms with E-state index in [9.17, 15) is 4.21 Å². The summed E-state index contributed by atoms with van der Waals surface area (Å²) in [6, 6.07) is 5.47. The molecule has 0 saturated carbocycles. The van der Waals surface area contributed by atoms with Crippen molar-refractivity contribution in [3.8, 4) is 10.4 Å². The lowest BCUT2D eigenvalue weighted by atomic mass is 10.2. The number of benzene rings is 1. The summed E-state index contributed by atoms with van der Waals surface area (Å²) in [6.45, 7) is 1.90. The molecule has 0 aliphatic carbocycles. The molecule has 0 saturated heterocycles. The second-order valence-corrected chi connectivity index (χ2v) is 6.35. The van der Waals surface area contributed by atoms with Crippen LogP contribution in [0.2, 0.25) is 5.02 Å². The van der Waals surface area contributed by atoms with Gasteiger partial charge in [-0.05, 0) is 24.6 Å². The summed E-state index contributed by atoms with van der Waals surface area (Å²) in [6.07, 6.45) is 1.61. The molecule has 90 valence electrons. The van der Waals surface area contributed by atoms with E-state index in [1.54, 1.807) is 12.3 Å². The Morgan fingerprint density at radius 3 is 2.71 bits per heavy atom. The van der Waals surface area contributed by atoms with Crippen LogP contribution in [0.4, 0.5) is 5.13 Å². The first-order valence-corrected chi connectivity index (χ1v) is 7.60. The first-order chi connectivity index (χ1) is 7.99. The van der Waals surface area contributed by atoms with Gasteiger partial charge in [0.05, 0.1) is 31.3 Å². The molecular formula is C11H11ClN2OS2. The Balaban J connectivity index is 2.57. The molecule has 0 amide bonds. The molecule has 2 rings (SSSR count). The molecule has 3 nitrogen and oxygen atoms in total. The third-order valence-electron chi connectivity index (χ3n) is 2.32. The number of aryl methyl sites for hydroxylation is 1. The summed E-state index contributed by atoms with van der Waals surface area (Å²) in [5.74, 6) is 0. The minimum atomic E-state index is -1.10. The number of thiazole rings is 1. The summed E-state index contributed by atoms with van der Waals surface area (Å²) in [7, 11) is -1.10. The molecule has 1 heterocycles. The van der Waals surface area contributed by atoms with Crippen LogP contribution in [0.5, 0.6) is 0 Å². The molecule has 6 heteroatoms. The fraction of sp³-hybridized carbons (Fsp3) is 0.182. The number of hydrogen-bond acceptors (Lipinski definition) is 4. The SMILES string of the molecule is Cc1nc(N)sc1-c1ccc(Cl)c(S(C)=O)c1. The molecule has 0 aliphatic heterocycles. The summed E-state index contributed by atoms with van der Waals surface area (Å²) >= 11 is 7.41. The molecule has 1 aromatic carbocycles. The van der Waals surface area contributed by atoms with Gasteiger partial charge in [-0.3, -0.25) is 4.21 Å². The monoisotopic (exact) mass is 286 g/mol. The van der Waals surface area contributed by atoms with Crippen molar-refractivity contribution in [1.29, 1.82) is 0 Å². The summed E-state index contributed by atoms with van der Waals surface area (Å²) < 4.78 is 11.5. The van der Waals surface area contributed by atoms with Crippen molar-refractivity contribution in [1.82, 2.24) is 4.98 Å². The van der Waals surface area contributed by atoms with Gasteiger partial charge in [-0.2, -0.15) is 0 Å². The van der Waals surface area contributed by atoms with Crippen molar-refractivity contribution >= 4 is 38.9 Å². The first kappa shape index (κ1) is 12.5. The maximum absolute atomic E-state index is 11.5. The topological polar surface area (TPSA) is 56.0 Å². The number of anilines is 1. The van der Waals surface area contributed by atoms with E-state index in [4.69, 9.17) is 17.3 Å². The molecular weight excluding hydrogens is 276 g/mol. The van der Waals surface area contributed by atoms with Crippen LogP contribution in [0, 0.1) is 6.92 Å². The van der Waals surface area contributed by atoms with Gasteiger partial charge in [-0.1, -0.05) is 29.0 Å². The standard InChI is InChI=1S/C11H11ClN2OS2/c1-6-10(16-11(13)14-6)7-3-4-8(12)9(5-7)17(2)15/h3-5H,1-2H3,(H2,13,14). The average molecular weight is 287 g/mol. The van der Waals surface area contributed by atoms with Crippen LogP contribution in [0.25, 0.3) is 10.4 Å². The molecule has 2 N–H and O–H groups in total. The molecule has 1 unspecified atom stereocenters. The van der Waals surface area contributed by atoms with Gasteiger partial charge in [0.15, 0.2) is 5.13 Å². The van der Waals surface area contributed by atoms with Gasteiger partial charge in [0.25, 0.3) is 0 Å². The zero-order chi connectivity index (χ0) is 12.6. The predicted octanol–water partition coefficient (Wildman–Crippen LogP) is 3.09. The first-order valence-electron chi connectivity index (χ1n) is 4.85. The van der Waals surface area contributed by atoms with E-state index < -0.39 is 10.8 Å². The largest absolute Gasteiger partial charge is 0.375 e. The minimum Gasteiger partial charge on any atom is -0.375 e. The van der Waals surface area contributed by atoms with Crippen LogP contribution in [0.1, 0.15) is 5.69 Å². The van der Waals surface area contributed by atoms with Crippen LogP contribution in [-0.2, 0) is 10.8 Å². The highest BCUT2D eigenvalue weighted by molar-refractivity contribution is 7.84. The van der Waals surface area contributed by atoms with Gasteiger partial charge in [-0.15, -0.1) is 0 Å². The quantitative estimate of drug-likeness (QED) is 0.923. The summed E-state index contributed by atoms with van der Waals surface area (Å²) in [5, 5.41) is 1.05. The fourth-order valence-corrected chi connectivity index (χ4v) is 3.46. The van der Waals surface area contributed by atoms with Gasteiger partial charge in [-0.25, -0.2) is 4.98 Å². The Morgan fingerprint density at radius 1 is 1.47 bits per heavy atom. The summed E-state index contributed by atoms with van der Waals surface area (Å²) in [5.41, 5.74) is 7.49. The van der Waals surface area contributed by atoms with Crippen LogP contribution in [0.15, 0.2) is 23.1 Å². The summed E-state index contributed by atoms with van der Waals surface area (Å²) in [4.78, 5) is 5.80. The van der Waals surface area contributed by atoms with Gasteiger partial charge >= 0.3 is 0 Å². The van der Waals surface area contributed by atoms with Crippen LogP contribution >= 0.6 is 22.9 Å². The zero-order valence-electron chi connectivity index (χ0n) is 9.36. The van der Waals surface area contributed by atoms with Crippen molar-refractivity contribution in [3.05, 3.63) is 28.9 Å². The average Bonchev–Trinajstić information content (AvgIpc) is 2.58. The molecule has 0 bridgehead atoms. The van der Waals surface area contributed by atoms with Crippen LogP contribution in [0.3, 0.4) is 0 Å². The fourth-order valence-electron chi connectivity index (χ4n) is 1.55. The minimum absolute atomic E-state index is 0.518. The van der Waals surface area contributed by atoms with E-state index in [1.807, 2.05) is 19.1 Å². The zero-order valence-corrected chi connectivity index (χ0v) is 11.7. The number of halogens is 1. The smallest absolute Gasteiger partial charge is 0.180 e. The number of nitrogens with zero attached hydrogens (tertiary/aromatic N) is 1. The molecule has 0 aliphatic rings. The highest BCUT2D eigenvalue weighted by Crippen LogP contribution is 2.33. The Hall–Kier alpha value is -0.910. The predicted molar refractivity (Wildman–Crippen MR) is 74.0 cm³/mol. The third kappa shape index (κ3) is 2.51. The van der Waals surface area contributed by atoms with E-state index in [2.05, 4.69) is 4.98 Å². The van der Waals surface area contributed by atoms with Crippen LogP contribution in [-0.4, -0.2) is 15.4 Å². The van der Waals surface area contributed by atoms with E-state index in [0.29, 0.717) is 15.0 Å². The molecule has 2 aromatic rings. The van der Waals surface area contributed by atoms with Gasteiger partial charge in [0, 0.05) is 6.26 Å².